The van der Waals surface area contributed by atoms with Gasteiger partial charge in [-0.2, -0.15) is 0 Å². The van der Waals surface area contributed by atoms with Crippen molar-refractivity contribution in [2.24, 2.45) is 0 Å². The Labute approximate surface area is 181 Å². The van der Waals surface area contributed by atoms with Gasteiger partial charge < -0.3 is 9.55 Å². The molecule has 0 atom stereocenters. The van der Waals surface area contributed by atoms with Gasteiger partial charge in [-0.25, -0.2) is 9.37 Å². The zero-order valence-electron chi connectivity index (χ0n) is 17.8. The molecule has 0 radical (unpaired) electrons. The lowest BCUT2D eigenvalue weighted by Gasteiger charge is -2.29. The first kappa shape index (κ1) is 20.2. The molecule has 1 saturated carbocycles. The van der Waals surface area contributed by atoms with E-state index in [1.54, 1.807) is 0 Å². The van der Waals surface area contributed by atoms with Gasteiger partial charge >= 0.3 is 0 Å². The Kier molecular flexibility index (Phi) is 5.72. The summed E-state index contributed by atoms with van der Waals surface area (Å²) in [6.45, 7) is 3.01. The van der Waals surface area contributed by atoms with Gasteiger partial charge in [-0.05, 0) is 42.7 Å². The van der Waals surface area contributed by atoms with E-state index in [0.29, 0.717) is 19.0 Å². The summed E-state index contributed by atoms with van der Waals surface area (Å²) in [5.41, 5.74) is 4.11. The van der Waals surface area contributed by atoms with Gasteiger partial charge in [0.2, 0.25) is 0 Å². The first-order valence-electron chi connectivity index (χ1n) is 11.4. The summed E-state index contributed by atoms with van der Waals surface area (Å²) in [7, 11) is 0. The number of nitrogens with one attached hydrogen (secondary N) is 1. The van der Waals surface area contributed by atoms with E-state index >= 15 is 0 Å². The lowest BCUT2D eigenvalue weighted by Crippen LogP contribution is -2.36. The van der Waals surface area contributed by atoms with Crippen molar-refractivity contribution in [1.29, 1.82) is 0 Å². The van der Waals surface area contributed by atoms with Crippen molar-refractivity contribution in [3.05, 3.63) is 87.1 Å². The standard InChI is InChI=1S/C25H29FN4O/c26-20-10-8-18(9-11-20)15-30-13-4-7-21(30)16-29-14-12-23-22(17-29)25(31)28-24(27-23)19-5-2-1-3-6-19/h4,7-11,13,19H,1-3,5-6,12,14-17H2,(H,27,28,31). The van der Waals surface area contributed by atoms with Crippen LogP contribution in [0.3, 0.4) is 0 Å². The van der Waals surface area contributed by atoms with Crippen LogP contribution in [-0.2, 0) is 26.1 Å². The average molecular weight is 421 g/mol. The van der Waals surface area contributed by atoms with Crippen molar-refractivity contribution in [2.75, 3.05) is 6.54 Å². The maximum Gasteiger partial charge on any atom is 0.255 e. The molecule has 3 heterocycles. The van der Waals surface area contributed by atoms with Gasteiger partial charge in [0, 0.05) is 50.4 Å². The summed E-state index contributed by atoms with van der Waals surface area (Å²) in [5, 5.41) is 0. The topological polar surface area (TPSA) is 53.9 Å². The Hall–Kier alpha value is -2.73. The largest absolute Gasteiger partial charge is 0.346 e. The Morgan fingerprint density at radius 3 is 2.68 bits per heavy atom. The van der Waals surface area contributed by atoms with Crippen molar-refractivity contribution < 1.29 is 4.39 Å². The quantitative estimate of drug-likeness (QED) is 0.667. The summed E-state index contributed by atoms with van der Waals surface area (Å²) in [6, 6.07) is 10.8. The number of benzene rings is 1. The molecule has 5 rings (SSSR count). The summed E-state index contributed by atoms with van der Waals surface area (Å²) in [6.07, 6.45) is 8.91. The Bertz CT molecular complexity index is 1100. The lowest BCUT2D eigenvalue weighted by molar-refractivity contribution is 0.235. The molecular weight excluding hydrogens is 391 g/mol. The van der Waals surface area contributed by atoms with E-state index in [-0.39, 0.29) is 11.4 Å². The van der Waals surface area contributed by atoms with Crippen LogP contribution in [0.4, 0.5) is 4.39 Å². The van der Waals surface area contributed by atoms with E-state index in [1.165, 1.54) is 37.1 Å². The number of nitrogens with zero attached hydrogens (tertiary/aromatic N) is 3. The van der Waals surface area contributed by atoms with Crippen LogP contribution in [0.25, 0.3) is 0 Å². The van der Waals surface area contributed by atoms with Crippen LogP contribution >= 0.6 is 0 Å². The van der Waals surface area contributed by atoms with E-state index < -0.39 is 0 Å². The minimum absolute atomic E-state index is 0.0389. The molecule has 0 spiro atoms. The third kappa shape index (κ3) is 4.49. The molecule has 3 aromatic rings. The summed E-state index contributed by atoms with van der Waals surface area (Å²) in [5.74, 6) is 1.11. The molecule has 31 heavy (non-hydrogen) atoms. The van der Waals surface area contributed by atoms with Crippen molar-refractivity contribution in [3.63, 3.8) is 0 Å². The van der Waals surface area contributed by atoms with Gasteiger partial charge in [0.1, 0.15) is 11.6 Å². The van der Waals surface area contributed by atoms with Crippen molar-refractivity contribution in [2.45, 2.75) is 64.1 Å². The van der Waals surface area contributed by atoms with E-state index in [0.717, 1.165) is 55.0 Å². The van der Waals surface area contributed by atoms with E-state index in [2.05, 4.69) is 26.7 Å². The maximum atomic E-state index is 13.2. The molecule has 0 bridgehead atoms. The second-order valence-electron chi connectivity index (χ2n) is 8.93. The number of aromatic nitrogens is 3. The lowest BCUT2D eigenvalue weighted by atomic mass is 9.88. The number of hydrogen-bond donors (Lipinski definition) is 1. The van der Waals surface area contributed by atoms with Gasteiger partial charge in [-0.3, -0.25) is 9.69 Å². The van der Waals surface area contributed by atoms with Gasteiger partial charge in [0.05, 0.1) is 11.3 Å². The van der Waals surface area contributed by atoms with Crippen LogP contribution in [0.15, 0.2) is 47.4 Å². The minimum atomic E-state index is -0.214. The monoisotopic (exact) mass is 420 g/mol. The fraction of sp³-hybridized carbons (Fsp3) is 0.440. The Morgan fingerprint density at radius 2 is 1.87 bits per heavy atom. The Balaban J connectivity index is 1.29. The molecule has 1 aliphatic heterocycles. The molecule has 1 fully saturated rings. The smallest absolute Gasteiger partial charge is 0.255 e. The first-order valence-corrected chi connectivity index (χ1v) is 11.4. The van der Waals surface area contributed by atoms with E-state index in [9.17, 15) is 9.18 Å². The number of rotatable bonds is 5. The molecule has 6 heteroatoms. The molecule has 1 N–H and O–H groups in total. The van der Waals surface area contributed by atoms with Gasteiger partial charge in [-0.1, -0.05) is 31.4 Å². The minimum Gasteiger partial charge on any atom is -0.346 e. The molecule has 5 nitrogen and oxygen atoms in total. The van der Waals surface area contributed by atoms with Crippen LogP contribution in [0.1, 0.15) is 66.4 Å². The number of fused-ring (bicyclic) bond motifs is 1. The number of halogens is 1. The average Bonchev–Trinajstić information content (AvgIpc) is 3.22. The third-order valence-electron chi connectivity index (χ3n) is 6.73. The first-order chi connectivity index (χ1) is 15.2. The maximum absolute atomic E-state index is 13.2. The van der Waals surface area contributed by atoms with Crippen LogP contribution in [0.5, 0.6) is 0 Å². The molecule has 1 aromatic carbocycles. The van der Waals surface area contributed by atoms with Crippen molar-refractivity contribution in [3.8, 4) is 0 Å². The number of aromatic amines is 1. The summed E-state index contributed by atoms with van der Waals surface area (Å²) in [4.78, 5) is 23.2. The van der Waals surface area contributed by atoms with Gasteiger partial charge in [0.25, 0.3) is 5.56 Å². The van der Waals surface area contributed by atoms with E-state index in [1.807, 2.05) is 18.2 Å². The van der Waals surface area contributed by atoms with Crippen LogP contribution in [0, 0.1) is 5.82 Å². The van der Waals surface area contributed by atoms with Crippen LogP contribution < -0.4 is 5.56 Å². The molecule has 1 aliphatic carbocycles. The zero-order valence-corrected chi connectivity index (χ0v) is 17.8. The van der Waals surface area contributed by atoms with Gasteiger partial charge in [0.15, 0.2) is 0 Å². The molecule has 0 amide bonds. The zero-order chi connectivity index (χ0) is 21.2. The van der Waals surface area contributed by atoms with Crippen molar-refractivity contribution in [1.82, 2.24) is 19.4 Å². The fourth-order valence-corrected chi connectivity index (χ4v) is 4.97. The molecule has 2 aliphatic rings. The van der Waals surface area contributed by atoms with Gasteiger partial charge in [-0.15, -0.1) is 0 Å². The molecule has 2 aromatic heterocycles. The highest BCUT2D eigenvalue weighted by molar-refractivity contribution is 5.23. The second kappa shape index (κ2) is 8.79. The molecule has 162 valence electrons. The number of H-pyrrole nitrogens is 1. The second-order valence-corrected chi connectivity index (χ2v) is 8.93. The normalized spacial score (nSPS) is 17.6. The van der Waals surface area contributed by atoms with Crippen molar-refractivity contribution >= 4 is 0 Å². The van der Waals surface area contributed by atoms with Crippen LogP contribution in [0.2, 0.25) is 0 Å². The highest BCUT2D eigenvalue weighted by atomic mass is 19.1. The molecule has 0 unspecified atom stereocenters. The third-order valence-corrected chi connectivity index (χ3v) is 6.73. The number of hydrogen-bond acceptors (Lipinski definition) is 3. The SMILES string of the molecule is O=c1[nH]c(C2CCCCC2)nc2c1CN(Cc1cccn1Cc1ccc(F)cc1)CC2. The molecule has 0 saturated heterocycles. The highest BCUT2D eigenvalue weighted by Crippen LogP contribution is 2.30. The molecular formula is C25H29FN4O. The van der Waals surface area contributed by atoms with Crippen LogP contribution in [-0.4, -0.2) is 26.0 Å². The summed E-state index contributed by atoms with van der Waals surface area (Å²) >= 11 is 0. The predicted molar refractivity (Wildman–Crippen MR) is 118 cm³/mol. The fourth-order valence-electron chi connectivity index (χ4n) is 4.97. The predicted octanol–water partition coefficient (Wildman–Crippen LogP) is 4.36. The van der Waals surface area contributed by atoms with E-state index in [4.69, 9.17) is 4.98 Å². The highest BCUT2D eigenvalue weighted by Gasteiger charge is 2.25. The Morgan fingerprint density at radius 1 is 1.06 bits per heavy atom. The summed E-state index contributed by atoms with van der Waals surface area (Å²) < 4.78 is 15.4.